The number of benzene rings is 2. The normalized spacial score (nSPS) is 12.8. The lowest BCUT2D eigenvalue weighted by molar-refractivity contribution is -0.143. The summed E-state index contributed by atoms with van der Waals surface area (Å²) in [4.78, 5) is 29.1. The number of thioether (sulfide) groups is 1. The molecule has 6 nitrogen and oxygen atoms in total. The molecule has 3 aromatic rings. The summed E-state index contributed by atoms with van der Waals surface area (Å²) in [5.74, 6) is -1.58. The van der Waals surface area contributed by atoms with Crippen LogP contribution >= 0.6 is 11.8 Å². The van der Waals surface area contributed by atoms with Gasteiger partial charge in [-0.15, -0.1) is 0 Å². The third-order valence-corrected chi connectivity index (χ3v) is 6.80. The molecule has 2 N–H and O–H groups in total. The predicted octanol–water partition coefficient (Wildman–Crippen LogP) is 4.99. The molecule has 1 aromatic heterocycles. The maximum absolute atomic E-state index is 13.0. The van der Waals surface area contributed by atoms with Gasteiger partial charge in [-0.05, 0) is 50.1 Å². The fraction of sp³-hybridized carbons (Fsp3) is 0.400. The van der Waals surface area contributed by atoms with Crippen LogP contribution in [-0.2, 0) is 16.0 Å². The van der Waals surface area contributed by atoms with Gasteiger partial charge in [0.1, 0.15) is 6.04 Å². The van der Waals surface area contributed by atoms with Crippen LogP contribution in [0.15, 0.2) is 47.8 Å². The molecular formula is C25H31N3O3S. The Labute approximate surface area is 193 Å². The molecule has 2 aromatic carbocycles. The Kier molecular flexibility index (Phi) is 6.98. The Morgan fingerprint density at radius 1 is 1.16 bits per heavy atom. The number of hydrogen-bond donors (Lipinski definition) is 2. The Morgan fingerprint density at radius 2 is 1.81 bits per heavy atom. The van der Waals surface area contributed by atoms with Crippen LogP contribution in [0, 0.1) is 12.8 Å². The summed E-state index contributed by atoms with van der Waals surface area (Å²) in [6, 6.07) is 11.6. The second-order valence-corrected chi connectivity index (χ2v) is 10.4. The fourth-order valence-electron chi connectivity index (χ4n) is 3.73. The first-order valence-corrected chi connectivity index (χ1v) is 11.7. The highest BCUT2D eigenvalue weighted by Crippen LogP contribution is 2.36. The molecule has 3 rings (SSSR count). The highest BCUT2D eigenvalue weighted by molar-refractivity contribution is 8.01. The van der Waals surface area contributed by atoms with Gasteiger partial charge in [-0.25, -0.2) is 9.78 Å². The maximum atomic E-state index is 13.0. The molecule has 0 saturated carbocycles. The van der Waals surface area contributed by atoms with Crippen molar-refractivity contribution in [2.45, 2.75) is 63.9 Å². The highest BCUT2D eigenvalue weighted by atomic mass is 32.2. The van der Waals surface area contributed by atoms with Crippen LogP contribution in [0.3, 0.4) is 0 Å². The molecule has 0 fully saturated rings. The predicted molar refractivity (Wildman–Crippen MR) is 130 cm³/mol. The van der Waals surface area contributed by atoms with Gasteiger partial charge < -0.3 is 10.4 Å². The van der Waals surface area contributed by atoms with Crippen LogP contribution in [0.25, 0.3) is 16.5 Å². The Balaban J connectivity index is 1.99. The zero-order chi connectivity index (χ0) is 23.6. The van der Waals surface area contributed by atoms with Crippen molar-refractivity contribution < 1.29 is 14.7 Å². The van der Waals surface area contributed by atoms with Gasteiger partial charge in [0.15, 0.2) is 5.16 Å². The molecule has 0 spiro atoms. The first kappa shape index (κ1) is 23.9. The number of aryl methyl sites for hydroxylation is 2. The van der Waals surface area contributed by atoms with E-state index < -0.39 is 16.8 Å². The quantitative estimate of drug-likeness (QED) is 0.469. The van der Waals surface area contributed by atoms with Crippen molar-refractivity contribution in [1.29, 1.82) is 0 Å². The SMILES string of the molecule is CCc1ccc(-n2c(C)cnc2SC(C)(C)C(=O)NC(C(=O)O)C(C)C)c2ccccc12. The summed E-state index contributed by atoms with van der Waals surface area (Å²) in [6.45, 7) is 11.3. The van der Waals surface area contributed by atoms with Crippen LogP contribution in [-0.4, -0.2) is 37.3 Å². The summed E-state index contributed by atoms with van der Waals surface area (Å²) >= 11 is 1.33. The standard InChI is InChI=1S/C25H31N3O3S/c1-7-17-12-13-20(19-11-9-8-10-18(17)19)28-16(4)14-26-24(28)32-25(5,6)23(31)27-21(15(2)3)22(29)30/h8-15,21H,7H2,1-6H3,(H,27,31)(H,29,30). The summed E-state index contributed by atoms with van der Waals surface area (Å²) in [7, 11) is 0. The average Bonchev–Trinajstić information content (AvgIpc) is 3.09. The van der Waals surface area contributed by atoms with Gasteiger partial charge in [0.25, 0.3) is 0 Å². The molecular weight excluding hydrogens is 422 g/mol. The molecule has 170 valence electrons. The van der Waals surface area contributed by atoms with Gasteiger partial charge in [-0.2, -0.15) is 0 Å². The smallest absolute Gasteiger partial charge is 0.326 e. The number of aromatic nitrogens is 2. The first-order chi connectivity index (χ1) is 15.1. The summed E-state index contributed by atoms with van der Waals surface area (Å²) in [5.41, 5.74) is 3.25. The van der Waals surface area contributed by atoms with Crippen LogP contribution in [0.5, 0.6) is 0 Å². The number of nitrogens with zero attached hydrogens (tertiary/aromatic N) is 2. The molecule has 32 heavy (non-hydrogen) atoms. The van der Waals surface area contributed by atoms with Gasteiger partial charge in [0, 0.05) is 17.3 Å². The molecule has 1 atom stereocenters. The highest BCUT2D eigenvalue weighted by Gasteiger charge is 2.35. The molecule has 0 radical (unpaired) electrons. The van der Waals surface area contributed by atoms with E-state index in [1.807, 2.05) is 19.1 Å². The fourth-order valence-corrected chi connectivity index (χ4v) is 4.78. The van der Waals surface area contributed by atoms with Gasteiger partial charge in [0.2, 0.25) is 5.91 Å². The molecule has 0 aliphatic carbocycles. The lowest BCUT2D eigenvalue weighted by atomic mass is 10.0. The third kappa shape index (κ3) is 4.67. The molecule has 1 amide bonds. The van der Waals surface area contributed by atoms with Gasteiger partial charge in [-0.3, -0.25) is 9.36 Å². The second-order valence-electron chi connectivity index (χ2n) is 8.81. The van der Waals surface area contributed by atoms with E-state index in [9.17, 15) is 14.7 Å². The number of carboxylic acids is 1. The van der Waals surface area contributed by atoms with Crippen molar-refractivity contribution in [2.24, 2.45) is 5.92 Å². The van der Waals surface area contributed by atoms with Gasteiger partial charge >= 0.3 is 5.97 Å². The van der Waals surface area contributed by atoms with E-state index in [0.717, 1.165) is 23.2 Å². The van der Waals surface area contributed by atoms with Gasteiger partial charge in [-0.1, -0.05) is 62.9 Å². The van der Waals surface area contributed by atoms with Crippen LogP contribution in [0.4, 0.5) is 0 Å². The summed E-state index contributed by atoms with van der Waals surface area (Å²) in [5, 5.41) is 15.2. The minimum Gasteiger partial charge on any atom is -0.480 e. The number of aliphatic carboxylic acids is 1. The van der Waals surface area contributed by atoms with Crippen LogP contribution in [0.1, 0.15) is 45.9 Å². The molecule has 1 unspecified atom stereocenters. The number of carboxylic acid groups (broad SMARTS) is 1. The number of hydrogen-bond acceptors (Lipinski definition) is 4. The van der Waals surface area contributed by atoms with E-state index in [1.165, 1.54) is 22.7 Å². The van der Waals surface area contributed by atoms with Crippen molar-refractivity contribution in [3.05, 3.63) is 53.9 Å². The Morgan fingerprint density at radius 3 is 2.41 bits per heavy atom. The molecule has 7 heteroatoms. The molecule has 1 heterocycles. The molecule has 0 aliphatic heterocycles. The average molecular weight is 454 g/mol. The lowest BCUT2D eigenvalue weighted by Crippen LogP contribution is -2.50. The van der Waals surface area contributed by atoms with E-state index in [0.29, 0.717) is 5.16 Å². The van der Waals surface area contributed by atoms with E-state index in [1.54, 1.807) is 33.9 Å². The van der Waals surface area contributed by atoms with E-state index >= 15 is 0 Å². The minimum absolute atomic E-state index is 0.218. The van der Waals surface area contributed by atoms with Crippen molar-refractivity contribution >= 4 is 34.4 Å². The van der Waals surface area contributed by atoms with E-state index in [-0.39, 0.29) is 11.8 Å². The maximum Gasteiger partial charge on any atom is 0.326 e. The Hall–Kier alpha value is -2.80. The number of amides is 1. The van der Waals surface area contributed by atoms with Gasteiger partial charge in [0.05, 0.1) is 10.4 Å². The topological polar surface area (TPSA) is 84.2 Å². The number of imidazole rings is 1. The number of fused-ring (bicyclic) bond motifs is 1. The zero-order valence-electron chi connectivity index (χ0n) is 19.5. The number of carbonyl (C=O) groups is 2. The largest absolute Gasteiger partial charge is 0.480 e. The van der Waals surface area contributed by atoms with Crippen LogP contribution in [0.2, 0.25) is 0 Å². The molecule has 0 bridgehead atoms. The number of rotatable bonds is 8. The first-order valence-electron chi connectivity index (χ1n) is 10.8. The molecule has 0 saturated heterocycles. The van der Waals surface area contributed by atoms with E-state index in [2.05, 4.69) is 46.1 Å². The third-order valence-electron chi connectivity index (χ3n) is 5.63. The van der Waals surface area contributed by atoms with Crippen LogP contribution < -0.4 is 5.32 Å². The monoisotopic (exact) mass is 453 g/mol. The van der Waals surface area contributed by atoms with Crippen molar-refractivity contribution in [1.82, 2.24) is 14.9 Å². The minimum atomic E-state index is -1.03. The summed E-state index contributed by atoms with van der Waals surface area (Å²) < 4.78 is 1.15. The number of carbonyl (C=O) groups excluding carboxylic acids is 1. The van der Waals surface area contributed by atoms with Crippen molar-refractivity contribution in [3.63, 3.8) is 0 Å². The van der Waals surface area contributed by atoms with Crippen molar-refractivity contribution in [3.8, 4) is 5.69 Å². The summed E-state index contributed by atoms with van der Waals surface area (Å²) in [6.07, 6.45) is 2.74. The van der Waals surface area contributed by atoms with E-state index in [4.69, 9.17) is 0 Å². The lowest BCUT2D eigenvalue weighted by Gasteiger charge is -2.27. The van der Waals surface area contributed by atoms with Crippen molar-refractivity contribution in [2.75, 3.05) is 0 Å². The Bertz CT molecular complexity index is 1150. The number of nitrogens with one attached hydrogen (secondary N) is 1. The molecule has 0 aliphatic rings. The second kappa shape index (κ2) is 9.36. The zero-order valence-corrected chi connectivity index (χ0v) is 20.3.